The van der Waals surface area contributed by atoms with Crippen LogP contribution in [0.5, 0.6) is 23.0 Å². The monoisotopic (exact) mass is 386 g/mol. The van der Waals surface area contributed by atoms with E-state index in [2.05, 4.69) is 4.99 Å². The molecule has 140 valence electrons. The number of ether oxygens (including phenoxy) is 4. The number of nitrogens with zero attached hydrogens (tertiary/aromatic N) is 2. The van der Waals surface area contributed by atoms with E-state index in [9.17, 15) is 4.79 Å². The molecule has 0 radical (unpaired) electrons. The molecule has 1 aliphatic rings. The smallest absolute Gasteiger partial charge is 0.283 e. The second kappa shape index (κ2) is 6.96. The normalized spacial score (nSPS) is 13.7. The molecular weight excluding hydrogens is 368 g/mol. The number of carbonyl (C=O) groups excluding carboxylic acids is 1. The minimum absolute atomic E-state index is 0.347. The highest BCUT2D eigenvalue weighted by molar-refractivity contribution is 7.16. The molecule has 3 aromatic rings. The summed E-state index contributed by atoms with van der Waals surface area (Å²) in [6.07, 6.45) is 0. The van der Waals surface area contributed by atoms with Gasteiger partial charge in [-0.15, -0.1) is 0 Å². The van der Waals surface area contributed by atoms with Crippen molar-refractivity contribution < 1.29 is 23.7 Å². The van der Waals surface area contributed by atoms with Gasteiger partial charge in [0.25, 0.3) is 5.91 Å². The third-order valence-electron chi connectivity index (χ3n) is 4.31. The largest absolute Gasteiger partial charge is 0.497 e. The van der Waals surface area contributed by atoms with Gasteiger partial charge in [0.1, 0.15) is 24.7 Å². The van der Waals surface area contributed by atoms with Crippen molar-refractivity contribution in [2.45, 2.75) is 0 Å². The van der Waals surface area contributed by atoms with Gasteiger partial charge in [-0.05, 0) is 18.2 Å². The molecular formula is C19H18N2O5S. The van der Waals surface area contributed by atoms with E-state index in [0.29, 0.717) is 46.6 Å². The van der Waals surface area contributed by atoms with Crippen LogP contribution in [0.15, 0.2) is 35.3 Å². The van der Waals surface area contributed by atoms with E-state index >= 15 is 0 Å². The summed E-state index contributed by atoms with van der Waals surface area (Å²) >= 11 is 1.41. The second-order valence-electron chi connectivity index (χ2n) is 5.89. The third-order valence-corrected chi connectivity index (χ3v) is 5.40. The Morgan fingerprint density at radius 1 is 1.11 bits per heavy atom. The fourth-order valence-electron chi connectivity index (χ4n) is 2.90. The van der Waals surface area contributed by atoms with E-state index in [1.807, 2.05) is 23.7 Å². The molecule has 8 heteroatoms. The first kappa shape index (κ1) is 17.4. The van der Waals surface area contributed by atoms with E-state index in [1.165, 1.54) is 18.4 Å². The average Bonchev–Trinajstić information content (AvgIpc) is 3.00. The average molecular weight is 386 g/mol. The first-order valence-electron chi connectivity index (χ1n) is 8.31. The Balaban J connectivity index is 1.81. The Morgan fingerprint density at radius 2 is 1.85 bits per heavy atom. The van der Waals surface area contributed by atoms with Crippen LogP contribution in [0.3, 0.4) is 0 Å². The van der Waals surface area contributed by atoms with Crippen LogP contribution in [0.25, 0.3) is 10.2 Å². The van der Waals surface area contributed by atoms with E-state index in [0.717, 1.165) is 10.2 Å². The number of aryl methyl sites for hydroxylation is 1. The highest BCUT2D eigenvalue weighted by atomic mass is 32.1. The summed E-state index contributed by atoms with van der Waals surface area (Å²) in [4.78, 5) is 17.7. The summed E-state index contributed by atoms with van der Waals surface area (Å²) in [6.45, 7) is 1.05. The SMILES string of the molecule is COc1ccc(OC)c(C(=O)N=c2sc3cc4c(cc3n2C)OCCO4)c1. The Kier molecular flexibility index (Phi) is 4.49. The van der Waals surface area contributed by atoms with Crippen LogP contribution >= 0.6 is 11.3 Å². The first-order chi connectivity index (χ1) is 13.1. The number of aromatic nitrogens is 1. The Bertz CT molecular complexity index is 1100. The molecule has 1 aliphatic heterocycles. The predicted octanol–water partition coefficient (Wildman–Crippen LogP) is 2.77. The number of thiazole rings is 1. The lowest BCUT2D eigenvalue weighted by atomic mass is 10.2. The van der Waals surface area contributed by atoms with Crippen LogP contribution in [0.1, 0.15) is 10.4 Å². The zero-order valence-corrected chi connectivity index (χ0v) is 16.0. The van der Waals surface area contributed by atoms with E-state index < -0.39 is 5.91 Å². The van der Waals surface area contributed by atoms with Crippen molar-refractivity contribution in [1.82, 2.24) is 4.57 Å². The number of hydrogen-bond acceptors (Lipinski definition) is 6. The fraction of sp³-hybridized carbons (Fsp3) is 0.263. The molecule has 1 aromatic heterocycles. The minimum Gasteiger partial charge on any atom is -0.497 e. The lowest BCUT2D eigenvalue weighted by Crippen LogP contribution is -2.16. The van der Waals surface area contributed by atoms with Gasteiger partial charge in [-0.2, -0.15) is 4.99 Å². The highest BCUT2D eigenvalue weighted by Gasteiger charge is 2.17. The Labute approximate surface area is 159 Å². The molecule has 0 saturated heterocycles. The molecule has 27 heavy (non-hydrogen) atoms. The molecule has 0 fully saturated rings. The van der Waals surface area contributed by atoms with Crippen LogP contribution in [0.4, 0.5) is 0 Å². The number of fused-ring (bicyclic) bond motifs is 2. The lowest BCUT2D eigenvalue weighted by molar-refractivity contribution is 0.0994. The Hall–Kier alpha value is -3.00. The molecule has 2 aromatic carbocycles. The van der Waals surface area contributed by atoms with Crippen molar-refractivity contribution in [3.63, 3.8) is 0 Å². The number of hydrogen-bond donors (Lipinski definition) is 0. The maximum absolute atomic E-state index is 12.8. The standard InChI is InChI=1S/C19H18N2O5S/c1-21-13-9-15-16(26-7-6-25-15)10-17(13)27-19(21)20-18(22)12-8-11(23-2)4-5-14(12)24-3/h4-5,8-10H,6-7H2,1-3H3. The predicted molar refractivity (Wildman–Crippen MR) is 101 cm³/mol. The number of methoxy groups -OCH3 is 2. The van der Waals surface area contributed by atoms with Gasteiger partial charge in [-0.1, -0.05) is 11.3 Å². The molecule has 0 N–H and O–H groups in total. The molecule has 0 atom stereocenters. The van der Waals surface area contributed by atoms with Crippen LogP contribution in [-0.4, -0.2) is 37.9 Å². The topological polar surface area (TPSA) is 71.3 Å². The molecule has 0 saturated carbocycles. The van der Waals surface area contributed by atoms with Crippen LogP contribution in [-0.2, 0) is 7.05 Å². The van der Waals surface area contributed by atoms with E-state index in [-0.39, 0.29) is 0 Å². The highest BCUT2D eigenvalue weighted by Crippen LogP contribution is 2.35. The van der Waals surface area contributed by atoms with Crippen molar-refractivity contribution in [2.24, 2.45) is 12.0 Å². The van der Waals surface area contributed by atoms with Gasteiger partial charge in [0.15, 0.2) is 16.3 Å². The summed E-state index contributed by atoms with van der Waals surface area (Å²) in [7, 11) is 4.93. The molecule has 4 rings (SSSR count). The molecule has 2 heterocycles. The summed E-state index contributed by atoms with van der Waals surface area (Å²) in [5, 5.41) is 0. The van der Waals surface area contributed by atoms with Crippen LogP contribution in [0.2, 0.25) is 0 Å². The van der Waals surface area contributed by atoms with E-state index in [4.69, 9.17) is 18.9 Å². The number of benzene rings is 2. The maximum Gasteiger partial charge on any atom is 0.283 e. The fourth-order valence-corrected chi connectivity index (χ4v) is 3.93. The zero-order valence-electron chi connectivity index (χ0n) is 15.1. The van der Waals surface area contributed by atoms with Gasteiger partial charge in [-0.3, -0.25) is 4.79 Å². The minimum atomic E-state index is -0.398. The van der Waals surface area contributed by atoms with Crippen molar-refractivity contribution in [3.05, 3.63) is 40.7 Å². The number of carbonyl (C=O) groups is 1. The van der Waals surface area contributed by atoms with Gasteiger partial charge >= 0.3 is 0 Å². The van der Waals surface area contributed by atoms with E-state index in [1.54, 1.807) is 25.3 Å². The number of rotatable bonds is 3. The molecule has 0 unspecified atom stereocenters. The van der Waals surface area contributed by atoms with Crippen molar-refractivity contribution >= 4 is 27.5 Å². The maximum atomic E-state index is 12.8. The van der Waals surface area contributed by atoms with Gasteiger partial charge in [0.05, 0.1) is 30.0 Å². The van der Waals surface area contributed by atoms with Crippen molar-refractivity contribution in [3.8, 4) is 23.0 Å². The summed E-state index contributed by atoms with van der Waals surface area (Å²) in [5.41, 5.74) is 1.27. The molecule has 0 bridgehead atoms. The van der Waals surface area contributed by atoms with Crippen LogP contribution in [0, 0.1) is 0 Å². The molecule has 0 spiro atoms. The summed E-state index contributed by atoms with van der Waals surface area (Å²) < 4.78 is 24.6. The molecule has 1 amide bonds. The zero-order chi connectivity index (χ0) is 19.0. The van der Waals surface area contributed by atoms with Gasteiger partial charge in [-0.25, -0.2) is 0 Å². The van der Waals surface area contributed by atoms with Gasteiger partial charge in [0, 0.05) is 19.2 Å². The quantitative estimate of drug-likeness (QED) is 0.692. The van der Waals surface area contributed by atoms with Gasteiger partial charge in [0.2, 0.25) is 0 Å². The van der Waals surface area contributed by atoms with Crippen LogP contribution < -0.4 is 23.7 Å². The Morgan fingerprint density at radius 3 is 2.56 bits per heavy atom. The first-order valence-corrected chi connectivity index (χ1v) is 9.12. The van der Waals surface area contributed by atoms with Crippen molar-refractivity contribution in [1.29, 1.82) is 0 Å². The van der Waals surface area contributed by atoms with Crippen molar-refractivity contribution in [2.75, 3.05) is 27.4 Å². The van der Waals surface area contributed by atoms with Gasteiger partial charge < -0.3 is 23.5 Å². The second-order valence-corrected chi connectivity index (χ2v) is 6.90. The molecule has 0 aliphatic carbocycles. The molecule has 7 nitrogen and oxygen atoms in total. The summed E-state index contributed by atoms with van der Waals surface area (Å²) in [5.74, 6) is 2.03. The number of amides is 1. The summed E-state index contributed by atoms with van der Waals surface area (Å²) in [6, 6.07) is 8.88. The lowest BCUT2D eigenvalue weighted by Gasteiger charge is -2.18. The third kappa shape index (κ3) is 3.12.